The lowest BCUT2D eigenvalue weighted by Crippen LogP contribution is -2.36. The standard InChI is InChI=1S/C21H25NO2/c1-3-4-7-12-22-14-21(17-8-5-6-9-19(17)22)15-24-20-13-16(23-2)10-11-18(20)21/h5-6,8-11,13H,3-4,7,12,14-15H2,1-2H3. The maximum Gasteiger partial charge on any atom is 0.127 e. The summed E-state index contributed by atoms with van der Waals surface area (Å²) in [4.78, 5) is 2.55. The van der Waals surface area contributed by atoms with E-state index in [0.29, 0.717) is 0 Å². The first-order chi connectivity index (χ1) is 11.8. The van der Waals surface area contributed by atoms with Crippen LogP contribution in [0.15, 0.2) is 42.5 Å². The lowest BCUT2D eigenvalue weighted by molar-refractivity contribution is 0.298. The summed E-state index contributed by atoms with van der Waals surface area (Å²) in [6.45, 7) is 5.11. The van der Waals surface area contributed by atoms with Gasteiger partial charge < -0.3 is 14.4 Å². The van der Waals surface area contributed by atoms with E-state index < -0.39 is 0 Å². The second-order valence-electron chi connectivity index (χ2n) is 6.88. The monoisotopic (exact) mass is 323 g/mol. The van der Waals surface area contributed by atoms with Crippen molar-refractivity contribution in [1.82, 2.24) is 0 Å². The minimum Gasteiger partial charge on any atom is -0.497 e. The van der Waals surface area contributed by atoms with Crippen LogP contribution in [0.4, 0.5) is 5.69 Å². The Labute approximate surface area is 144 Å². The van der Waals surface area contributed by atoms with Gasteiger partial charge in [-0.25, -0.2) is 0 Å². The van der Waals surface area contributed by atoms with E-state index in [9.17, 15) is 0 Å². The fourth-order valence-corrected chi connectivity index (χ4v) is 4.18. The summed E-state index contributed by atoms with van der Waals surface area (Å²) in [5.41, 5.74) is 4.05. The molecule has 2 aromatic rings. The largest absolute Gasteiger partial charge is 0.497 e. The molecule has 0 aliphatic carbocycles. The second kappa shape index (κ2) is 6.04. The summed E-state index contributed by atoms with van der Waals surface area (Å²) in [7, 11) is 1.70. The van der Waals surface area contributed by atoms with Crippen LogP contribution in [-0.4, -0.2) is 26.8 Å². The predicted molar refractivity (Wildman–Crippen MR) is 97.4 cm³/mol. The van der Waals surface area contributed by atoms with Gasteiger partial charge in [0, 0.05) is 30.4 Å². The zero-order valence-corrected chi connectivity index (χ0v) is 14.5. The molecule has 0 bridgehead atoms. The van der Waals surface area contributed by atoms with Crippen molar-refractivity contribution in [2.24, 2.45) is 0 Å². The van der Waals surface area contributed by atoms with Crippen LogP contribution in [0.5, 0.6) is 11.5 Å². The average molecular weight is 323 g/mol. The lowest BCUT2D eigenvalue weighted by atomic mass is 9.78. The molecule has 3 heteroatoms. The van der Waals surface area contributed by atoms with Crippen LogP contribution in [0.1, 0.15) is 37.3 Å². The van der Waals surface area contributed by atoms with Crippen LogP contribution in [0.2, 0.25) is 0 Å². The molecule has 1 spiro atoms. The first-order valence-corrected chi connectivity index (χ1v) is 8.94. The van der Waals surface area contributed by atoms with E-state index in [0.717, 1.165) is 31.2 Å². The Balaban J connectivity index is 1.73. The highest BCUT2D eigenvalue weighted by Gasteiger charge is 2.49. The SMILES string of the molecule is CCCCCN1CC2(COc3cc(OC)ccc32)c2ccccc21. The lowest BCUT2D eigenvalue weighted by Gasteiger charge is -2.25. The van der Waals surface area contributed by atoms with Crippen LogP contribution in [0.25, 0.3) is 0 Å². The number of anilines is 1. The molecule has 4 rings (SSSR count). The molecule has 1 unspecified atom stereocenters. The van der Waals surface area contributed by atoms with Gasteiger partial charge in [0.15, 0.2) is 0 Å². The molecule has 0 fully saturated rings. The first-order valence-electron chi connectivity index (χ1n) is 8.94. The molecule has 24 heavy (non-hydrogen) atoms. The van der Waals surface area contributed by atoms with Gasteiger partial charge in [-0.3, -0.25) is 0 Å². The number of para-hydroxylation sites is 1. The molecular formula is C21H25NO2. The molecule has 0 radical (unpaired) electrons. The van der Waals surface area contributed by atoms with Gasteiger partial charge in [0.1, 0.15) is 18.1 Å². The van der Waals surface area contributed by atoms with Crippen molar-refractivity contribution in [2.45, 2.75) is 31.6 Å². The molecule has 0 amide bonds. The second-order valence-corrected chi connectivity index (χ2v) is 6.88. The van der Waals surface area contributed by atoms with Crippen LogP contribution in [0, 0.1) is 0 Å². The maximum absolute atomic E-state index is 6.10. The van der Waals surface area contributed by atoms with Gasteiger partial charge in [-0.15, -0.1) is 0 Å². The number of ether oxygens (including phenoxy) is 2. The number of nitrogens with zero attached hydrogens (tertiary/aromatic N) is 1. The van der Waals surface area contributed by atoms with E-state index >= 15 is 0 Å². The van der Waals surface area contributed by atoms with E-state index in [1.54, 1.807) is 7.11 Å². The van der Waals surface area contributed by atoms with Crippen LogP contribution in [0.3, 0.4) is 0 Å². The van der Waals surface area contributed by atoms with E-state index in [2.05, 4.69) is 48.2 Å². The van der Waals surface area contributed by atoms with Crippen LogP contribution >= 0.6 is 0 Å². The maximum atomic E-state index is 6.10. The molecule has 2 heterocycles. The van der Waals surface area contributed by atoms with Gasteiger partial charge in [0.25, 0.3) is 0 Å². The Morgan fingerprint density at radius 2 is 2.00 bits per heavy atom. The summed E-state index contributed by atoms with van der Waals surface area (Å²) in [5, 5.41) is 0. The van der Waals surface area contributed by atoms with Gasteiger partial charge in [-0.1, -0.05) is 44.0 Å². The zero-order chi connectivity index (χ0) is 16.6. The summed E-state index contributed by atoms with van der Waals surface area (Å²) in [5.74, 6) is 1.83. The van der Waals surface area contributed by atoms with Crippen molar-refractivity contribution < 1.29 is 9.47 Å². The minimum absolute atomic E-state index is 0.0373. The van der Waals surface area contributed by atoms with Crippen molar-refractivity contribution in [3.63, 3.8) is 0 Å². The first kappa shape index (κ1) is 15.4. The Morgan fingerprint density at radius 3 is 2.83 bits per heavy atom. The number of hydrogen-bond acceptors (Lipinski definition) is 3. The minimum atomic E-state index is -0.0373. The van der Waals surface area contributed by atoms with Gasteiger partial charge in [0.2, 0.25) is 0 Å². The number of rotatable bonds is 5. The molecule has 2 aliphatic heterocycles. The number of fused-ring (bicyclic) bond motifs is 4. The van der Waals surface area contributed by atoms with Crippen molar-refractivity contribution in [2.75, 3.05) is 31.7 Å². The Kier molecular flexibility index (Phi) is 3.87. The summed E-state index contributed by atoms with van der Waals surface area (Å²) >= 11 is 0. The quantitative estimate of drug-likeness (QED) is 0.762. The third-order valence-corrected chi connectivity index (χ3v) is 5.43. The highest BCUT2D eigenvalue weighted by Crippen LogP contribution is 2.51. The molecule has 2 aliphatic rings. The van der Waals surface area contributed by atoms with E-state index in [4.69, 9.17) is 9.47 Å². The van der Waals surface area contributed by atoms with Gasteiger partial charge in [-0.2, -0.15) is 0 Å². The van der Waals surface area contributed by atoms with E-state index in [-0.39, 0.29) is 5.41 Å². The molecule has 126 valence electrons. The van der Waals surface area contributed by atoms with Crippen molar-refractivity contribution >= 4 is 5.69 Å². The highest BCUT2D eigenvalue weighted by atomic mass is 16.5. The zero-order valence-electron chi connectivity index (χ0n) is 14.5. The topological polar surface area (TPSA) is 21.7 Å². The molecule has 2 aromatic carbocycles. The number of benzene rings is 2. The molecule has 0 saturated carbocycles. The number of unbranched alkanes of at least 4 members (excludes halogenated alkanes) is 2. The Hall–Kier alpha value is -2.16. The molecule has 0 saturated heterocycles. The van der Waals surface area contributed by atoms with Crippen molar-refractivity contribution in [3.8, 4) is 11.5 Å². The Morgan fingerprint density at radius 1 is 1.12 bits per heavy atom. The fraction of sp³-hybridized carbons (Fsp3) is 0.429. The molecule has 1 atom stereocenters. The number of hydrogen-bond donors (Lipinski definition) is 0. The number of methoxy groups -OCH3 is 1. The smallest absolute Gasteiger partial charge is 0.127 e. The van der Waals surface area contributed by atoms with Crippen LogP contribution in [-0.2, 0) is 5.41 Å². The Bertz CT molecular complexity index is 742. The summed E-state index contributed by atoms with van der Waals surface area (Å²) in [6, 6.07) is 15.1. The summed E-state index contributed by atoms with van der Waals surface area (Å²) in [6.07, 6.45) is 3.79. The van der Waals surface area contributed by atoms with Gasteiger partial charge in [0.05, 0.1) is 12.5 Å². The molecule has 0 aromatic heterocycles. The molecular weight excluding hydrogens is 298 g/mol. The van der Waals surface area contributed by atoms with Gasteiger partial charge in [-0.05, 0) is 24.1 Å². The highest BCUT2D eigenvalue weighted by molar-refractivity contribution is 5.69. The third kappa shape index (κ3) is 2.26. The fourth-order valence-electron chi connectivity index (χ4n) is 4.18. The van der Waals surface area contributed by atoms with Crippen molar-refractivity contribution in [3.05, 3.63) is 53.6 Å². The third-order valence-electron chi connectivity index (χ3n) is 5.43. The van der Waals surface area contributed by atoms with Crippen molar-refractivity contribution in [1.29, 1.82) is 0 Å². The summed E-state index contributed by atoms with van der Waals surface area (Å²) < 4.78 is 11.5. The molecule has 0 N–H and O–H groups in total. The van der Waals surface area contributed by atoms with E-state index in [1.165, 1.54) is 36.1 Å². The normalized spacial score (nSPS) is 20.8. The van der Waals surface area contributed by atoms with E-state index in [1.807, 2.05) is 6.07 Å². The van der Waals surface area contributed by atoms with Gasteiger partial charge >= 0.3 is 0 Å². The molecule has 3 nitrogen and oxygen atoms in total. The predicted octanol–water partition coefficient (Wildman–Crippen LogP) is 4.38. The van der Waals surface area contributed by atoms with Crippen LogP contribution < -0.4 is 14.4 Å². The average Bonchev–Trinajstić information content (AvgIpc) is 3.15.